The minimum atomic E-state index is -1.21. The maximum absolute atomic E-state index is 9.93. The van der Waals surface area contributed by atoms with E-state index in [9.17, 15) is 4.79 Å². The van der Waals surface area contributed by atoms with Crippen LogP contribution >= 0.6 is 0 Å². The highest BCUT2D eigenvalue weighted by molar-refractivity contribution is 5.56. The highest BCUT2D eigenvalue weighted by Crippen LogP contribution is 2.04. The van der Waals surface area contributed by atoms with Gasteiger partial charge in [0.25, 0.3) is 0 Å². The highest BCUT2D eigenvalue weighted by atomic mass is 16.7. The number of carbonyl (C=O) groups is 1. The highest BCUT2D eigenvalue weighted by Gasteiger charge is 2.04. The molecule has 1 atom stereocenters. The second-order valence-electron chi connectivity index (χ2n) is 2.52. The van der Waals surface area contributed by atoms with Crippen molar-refractivity contribution in [1.82, 2.24) is 0 Å². The second-order valence-corrected chi connectivity index (χ2v) is 2.52. The third-order valence-corrected chi connectivity index (χ3v) is 1.68. The predicted octanol–water partition coefficient (Wildman–Crippen LogP) is 1.89. The first-order chi connectivity index (χ1) is 5.70. The predicted molar refractivity (Wildman–Crippen MR) is 44.3 cm³/mol. The summed E-state index contributed by atoms with van der Waals surface area (Å²) in [6.07, 6.45) is 1.53. The first-order valence-corrected chi connectivity index (χ1v) is 4.09. The van der Waals surface area contributed by atoms with E-state index < -0.39 is 6.16 Å². The van der Waals surface area contributed by atoms with Crippen LogP contribution in [0, 0.1) is 0 Å². The molecule has 0 spiro atoms. The molecule has 0 saturated carbocycles. The molecule has 0 heterocycles. The van der Waals surface area contributed by atoms with Crippen molar-refractivity contribution in [2.24, 2.45) is 0 Å². The summed E-state index contributed by atoms with van der Waals surface area (Å²) in [5.74, 6) is 0. The van der Waals surface area contributed by atoms with Gasteiger partial charge in [0.2, 0.25) is 0 Å². The molecule has 0 aromatic heterocycles. The molecule has 0 aromatic carbocycles. The molecule has 0 saturated heterocycles. The van der Waals surface area contributed by atoms with Crippen molar-refractivity contribution < 1.29 is 19.4 Å². The number of rotatable bonds is 6. The molecular weight excluding hydrogens is 160 g/mol. The summed E-state index contributed by atoms with van der Waals surface area (Å²) in [5, 5.41) is 8.14. The molecule has 0 aliphatic rings. The molecule has 0 aromatic rings. The lowest BCUT2D eigenvalue weighted by Gasteiger charge is -2.11. The van der Waals surface area contributed by atoms with Crippen LogP contribution in [0.15, 0.2) is 0 Å². The van der Waals surface area contributed by atoms with Gasteiger partial charge in [-0.15, -0.1) is 0 Å². The summed E-state index contributed by atoms with van der Waals surface area (Å²) in [5.41, 5.74) is 0. The molecule has 12 heavy (non-hydrogen) atoms. The van der Waals surface area contributed by atoms with Crippen LogP contribution in [0.5, 0.6) is 0 Å². The van der Waals surface area contributed by atoms with E-state index in [-0.39, 0.29) is 12.7 Å². The Balaban J connectivity index is 3.23. The van der Waals surface area contributed by atoms with Gasteiger partial charge in [-0.2, -0.15) is 0 Å². The van der Waals surface area contributed by atoms with Gasteiger partial charge in [0.1, 0.15) is 0 Å². The Morgan fingerprint density at radius 3 is 2.67 bits per heavy atom. The van der Waals surface area contributed by atoms with Crippen LogP contribution < -0.4 is 0 Å². The van der Waals surface area contributed by atoms with Crippen molar-refractivity contribution in [2.45, 2.75) is 32.3 Å². The minimum absolute atomic E-state index is 0.224. The molecule has 0 fully saturated rings. The molecule has 0 radical (unpaired) electrons. The van der Waals surface area contributed by atoms with E-state index >= 15 is 0 Å². The van der Waals surface area contributed by atoms with Crippen LogP contribution in [0.3, 0.4) is 0 Å². The van der Waals surface area contributed by atoms with Gasteiger partial charge in [0.05, 0.1) is 12.7 Å². The van der Waals surface area contributed by atoms with Gasteiger partial charge in [-0.25, -0.2) is 4.79 Å². The lowest BCUT2D eigenvalue weighted by Crippen LogP contribution is -2.11. The molecule has 72 valence electrons. The van der Waals surface area contributed by atoms with Crippen LogP contribution in [-0.2, 0) is 9.47 Å². The Morgan fingerprint density at radius 2 is 2.25 bits per heavy atom. The Hall–Kier alpha value is -0.770. The zero-order valence-corrected chi connectivity index (χ0v) is 7.58. The van der Waals surface area contributed by atoms with Crippen molar-refractivity contribution in [3.63, 3.8) is 0 Å². The fraction of sp³-hybridized carbons (Fsp3) is 0.875. The summed E-state index contributed by atoms with van der Waals surface area (Å²) in [4.78, 5) is 9.93. The van der Waals surface area contributed by atoms with E-state index in [0.29, 0.717) is 0 Å². The zero-order chi connectivity index (χ0) is 9.40. The summed E-state index contributed by atoms with van der Waals surface area (Å²) in [6, 6.07) is 0. The van der Waals surface area contributed by atoms with Crippen LogP contribution in [0.1, 0.15) is 26.2 Å². The van der Waals surface area contributed by atoms with E-state index in [1.165, 1.54) is 0 Å². The van der Waals surface area contributed by atoms with Crippen molar-refractivity contribution in [3.05, 3.63) is 0 Å². The maximum atomic E-state index is 9.93. The average molecular weight is 176 g/mol. The fourth-order valence-electron chi connectivity index (χ4n) is 0.959. The number of hydrogen-bond donors (Lipinski definition) is 1. The average Bonchev–Trinajstić information content (AvgIpc) is 2.04. The monoisotopic (exact) mass is 176 g/mol. The quantitative estimate of drug-likeness (QED) is 0.496. The fourth-order valence-corrected chi connectivity index (χ4v) is 0.959. The summed E-state index contributed by atoms with van der Waals surface area (Å²) >= 11 is 0. The van der Waals surface area contributed by atoms with Crippen molar-refractivity contribution in [1.29, 1.82) is 0 Å². The molecular formula is C8H16O4. The lowest BCUT2D eigenvalue weighted by atomic mass is 10.1. The zero-order valence-electron chi connectivity index (χ0n) is 7.58. The smallest absolute Gasteiger partial charge is 0.450 e. The van der Waals surface area contributed by atoms with E-state index in [1.54, 1.807) is 7.11 Å². The molecule has 4 heteroatoms. The van der Waals surface area contributed by atoms with Crippen molar-refractivity contribution in [2.75, 3.05) is 13.7 Å². The van der Waals surface area contributed by atoms with Gasteiger partial charge < -0.3 is 14.6 Å². The Labute approximate surface area is 72.5 Å². The molecule has 4 nitrogen and oxygen atoms in total. The first kappa shape index (κ1) is 11.2. The number of carboxylic acid groups (broad SMARTS) is 1. The maximum Gasteiger partial charge on any atom is 0.505 e. The molecule has 1 N–H and O–H groups in total. The third-order valence-electron chi connectivity index (χ3n) is 1.68. The topological polar surface area (TPSA) is 55.8 Å². The van der Waals surface area contributed by atoms with E-state index in [4.69, 9.17) is 9.84 Å². The normalized spacial score (nSPS) is 12.5. The minimum Gasteiger partial charge on any atom is -0.450 e. The summed E-state index contributed by atoms with van der Waals surface area (Å²) < 4.78 is 9.45. The molecule has 0 aliphatic carbocycles. The van der Waals surface area contributed by atoms with Crippen LogP contribution in [0.25, 0.3) is 0 Å². The summed E-state index contributed by atoms with van der Waals surface area (Å²) in [6.45, 7) is 2.29. The Kier molecular flexibility index (Phi) is 6.47. The summed E-state index contributed by atoms with van der Waals surface area (Å²) in [7, 11) is 1.66. The van der Waals surface area contributed by atoms with Gasteiger partial charge in [0, 0.05) is 7.11 Å². The number of hydrogen-bond acceptors (Lipinski definition) is 3. The Morgan fingerprint density at radius 1 is 1.58 bits per heavy atom. The van der Waals surface area contributed by atoms with Crippen molar-refractivity contribution in [3.8, 4) is 0 Å². The number of methoxy groups -OCH3 is 1. The van der Waals surface area contributed by atoms with E-state index in [1.807, 2.05) is 6.92 Å². The molecule has 0 bridgehead atoms. The number of ether oxygens (including phenoxy) is 2. The van der Waals surface area contributed by atoms with E-state index in [0.717, 1.165) is 19.3 Å². The van der Waals surface area contributed by atoms with Gasteiger partial charge in [-0.3, -0.25) is 0 Å². The third kappa shape index (κ3) is 5.97. The van der Waals surface area contributed by atoms with E-state index in [2.05, 4.69) is 4.74 Å². The first-order valence-electron chi connectivity index (χ1n) is 4.09. The van der Waals surface area contributed by atoms with Gasteiger partial charge >= 0.3 is 6.16 Å². The van der Waals surface area contributed by atoms with Gasteiger partial charge in [0.15, 0.2) is 0 Å². The van der Waals surface area contributed by atoms with Crippen LogP contribution in [0.4, 0.5) is 4.79 Å². The molecule has 0 aliphatic heterocycles. The molecule has 0 rings (SSSR count). The SMILES string of the molecule is CCC(CCCOC(=O)O)OC. The van der Waals surface area contributed by atoms with Crippen molar-refractivity contribution >= 4 is 6.16 Å². The molecule has 1 unspecified atom stereocenters. The Bertz CT molecular complexity index is 120. The second kappa shape index (κ2) is 6.91. The van der Waals surface area contributed by atoms with Crippen LogP contribution in [0.2, 0.25) is 0 Å². The molecule has 0 amide bonds. The van der Waals surface area contributed by atoms with Crippen LogP contribution in [-0.4, -0.2) is 31.1 Å². The van der Waals surface area contributed by atoms with Gasteiger partial charge in [-0.05, 0) is 19.3 Å². The van der Waals surface area contributed by atoms with Gasteiger partial charge in [-0.1, -0.05) is 6.92 Å². The largest absolute Gasteiger partial charge is 0.505 e. The standard InChI is InChI=1S/C8H16O4/c1-3-7(11-2)5-4-6-12-8(9)10/h7H,3-6H2,1-2H3,(H,9,10). The lowest BCUT2D eigenvalue weighted by molar-refractivity contribution is 0.0677.